The first-order chi connectivity index (χ1) is 13.3. The van der Waals surface area contributed by atoms with E-state index in [1.165, 1.54) is 9.80 Å². The molecule has 0 bridgehead atoms. The summed E-state index contributed by atoms with van der Waals surface area (Å²) in [5, 5.41) is 0. The second-order valence-electron chi connectivity index (χ2n) is 9.94. The van der Waals surface area contributed by atoms with E-state index in [4.69, 9.17) is 0 Å². The van der Waals surface area contributed by atoms with Gasteiger partial charge in [-0.1, -0.05) is 14.4 Å². The minimum Gasteiger partial charge on any atom is -0.296 e. The highest BCUT2D eigenvalue weighted by atomic mass is 16.2. The fourth-order valence-corrected chi connectivity index (χ4v) is 4.97. The number of imide groups is 2. The number of rotatable bonds is 3. The fourth-order valence-electron chi connectivity index (χ4n) is 4.97. The highest BCUT2D eigenvalue weighted by molar-refractivity contribution is 6.03. The van der Waals surface area contributed by atoms with E-state index >= 15 is 0 Å². The predicted molar refractivity (Wildman–Crippen MR) is 118 cm³/mol. The molecule has 1 atom stereocenters. The summed E-state index contributed by atoms with van der Waals surface area (Å²) in [6.07, 6.45) is 3.26. The van der Waals surface area contributed by atoms with Gasteiger partial charge in [0, 0.05) is 49.3 Å². The molecule has 4 amide bonds. The maximum Gasteiger partial charge on any atom is 0.232 e. The molecule has 0 spiro atoms. The van der Waals surface area contributed by atoms with Gasteiger partial charge < -0.3 is 0 Å². The molecule has 0 aromatic heterocycles. The molecule has 0 aromatic carbocycles. The summed E-state index contributed by atoms with van der Waals surface area (Å²) in [6, 6.07) is 0. The van der Waals surface area contributed by atoms with Gasteiger partial charge in [-0.3, -0.25) is 33.9 Å². The van der Waals surface area contributed by atoms with E-state index < -0.39 is 0 Å². The smallest absolute Gasteiger partial charge is 0.232 e. The molecule has 3 heterocycles. The van der Waals surface area contributed by atoms with Crippen molar-refractivity contribution in [3.8, 4) is 0 Å². The van der Waals surface area contributed by atoms with Crippen molar-refractivity contribution >= 4 is 23.6 Å². The van der Waals surface area contributed by atoms with Crippen LogP contribution in [-0.4, -0.2) is 69.5 Å². The monoisotopic (exact) mass is 423 g/mol. The second kappa shape index (κ2) is 9.58. The van der Waals surface area contributed by atoms with Gasteiger partial charge in [0.25, 0.3) is 0 Å². The maximum atomic E-state index is 11.7. The summed E-state index contributed by atoms with van der Waals surface area (Å²) in [7, 11) is 2.17. The summed E-state index contributed by atoms with van der Waals surface area (Å²) in [5.74, 6) is 0.297. The standard InChI is InChI=1S/C15H26N2O2.C7H11NO2.CH4/c1-14(2)8-11(9-15(3,4)16(14)5)10-17-12(18)6-7-13(17)19;1-3-8-6(9)4-5(2)7(8)10;/h11H,6-10H2,1-5H3;5H,3-4H2,1-2H3;1H4. The largest absolute Gasteiger partial charge is 0.296 e. The van der Waals surface area contributed by atoms with E-state index in [2.05, 4.69) is 39.6 Å². The first kappa shape index (κ1) is 26.3. The Labute approximate surface area is 182 Å². The average Bonchev–Trinajstić information content (AvgIpc) is 3.04. The van der Waals surface area contributed by atoms with Crippen LogP contribution in [0, 0.1) is 11.8 Å². The predicted octanol–water partition coefficient (Wildman–Crippen LogP) is 3.07. The van der Waals surface area contributed by atoms with E-state index in [0.29, 0.717) is 38.3 Å². The Morgan fingerprint density at radius 3 is 1.67 bits per heavy atom. The van der Waals surface area contributed by atoms with Crippen molar-refractivity contribution in [1.82, 2.24) is 14.7 Å². The number of nitrogens with zero attached hydrogens (tertiary/aromatic N) is 3. The fraction of sp³-hybridized carbons (Fsp3) is 0.826. The van der Waals surface area contributed by atoms with Crippen LogP contribution in [0.4, 0.5) is 0 Å². The van der Waals surface area contributed by atoms with Crippen LogP contribution in [0.5, 0.6) is 0 Å². The molecule has 1 unspecified atom stereocenters. The molecule has 3 saturated heterocycles. The van der Waals surface area contributed by atoms with Gasteiger partial charge in [-0.25, -0.2) is 0 Å². The van der Waals surface area contributed by atoms with E-state index in [1.807, 2.05) is 6.92 Å². The van der Waals surface area contributed by atoms with E-state index in [9.17, 15) is 19.2 Å². The zero-order valence-corrected chi connectivity index (χ0v) is 19.1. The number of piperidine rings is 1. The van der Waals surface area contributed by atoms with Crippen molar-refractivity contribution in [3.05, 3.63) is 0 Å². The zero-order chi connectivity index (χ0) is 22.1. The van der Waals surface area contributed by atoms with Crippen molar-refractivity contribution in [2.24, 2.45) is 11.8 Å². The molecule has 3 aliphatic rings. The number of amides is 4. The van der Waals surface area contributed by atoms with E-state index in [0.717, 1.165) is 12.8 Å². The molecule has 0 saturated carbocycles. The van der Waals surface area contributed by atoms with Gasteiger partial charge in [-0.15, -0.1) is 0 Å². The Balaban J connectivity index is 0.000000348. The van der Waals surface area contributed by atoms with E-state index in [1.54, 1.807) is 6.92 Å². The summed E-state index contributed by atoms with van der Waals surface area (Å²) >= 11 is 0. The number of carbonyl (C=O) groups excluding carboxylic acids is 4. The number of likely N-dealkylation sites (tertiary alicyclic amines) is 3. The van der Waals surface area contributed by atoms with Gasteiger partial charge in [0.05, 0.1) is 0 Å². The Bertz CT molecular complexity index is 652. The summed E-state index contributed by atoms with van der Waals surface area (Å²) < 4.78 is 0. The first-order valence-electron chi connectivity index (χ1n) is 10.7. The van der Waals surface area contributed by atoms with E-state index in [-0.39, 0.29) is 48.1 Å². The molecule has 3 aliphatic heterocycles. The van der Waals surface area contributed by atoms with Gasteiger partial charge in [0.1, 0.15) is 0 Å². The molecular weight excluding hydrogens is 382 g/mol. The second-order valence-corrected chi connectivity index (χ2v) is 9.94. The Kier molecular flexibility index (Phi) is 8.39. The third kappa shape index (κ3) is 5.48. The lowest BCUT2D eigenvalue weighted by Gasteiger charge is -2.54. The van der Waals surface area contributed by atoms with Crippen LogP contribution < -0.4 is 0 Å². The van der Waals surface area contributed by atoms with Crippen LogP contribution in [0.25, 0.3) is 0 Å². The molecule has 0 aromatic rings. The number of hydrogen-bond acceptors (Lipinski definition) is 5. The van der Waals surface area contributed by atoms with Crippen LogP contribution in [0.2, 0.25) is 0 Å². The molecule has 3 rings (SSSR count). The molecule has 172 valence electrons. The molecule has 3 fully saturated rings. The van der Waals surface area contributed by atoms with Crippen molar-refractivity contribution < 1.29 is 19.2 Å². The van der Waals surface area contributed by atoms with Gasteiger partial charge in [0.2, 0.25) is 23.6 Å². The summed E-state index contributed by atoms with van der Waals surface area (Å²) in [6.45, 7) is 13.7. The highest BCUT2D eigenvalue weighted by Gasteiger charge is 2.44. The zero-order valence-electron chi connectivity index (χ0n) is 19.1. The lowest BCUT2D eigenvalue weighted by Crippen LogP contribution is -2.59. The summed E-state index contributed by atoms with van der Waals surface area (Å²) in [4.78, 5) is 50.7. The molecule has 0 aliphatic carbocycles. The minimum atomic E-state index is -0.0903. The van der Waals surface area contributed by atoms with Gasteiger partial charge in [-0.05, 0) is 60.4 Å². The van der Waals surface area contributed by atoms with Crippen molar-refractivity contribution in [2.45, 2.75) is 92.2 Å². The topological polar surface area (TPSA) is 78.0 Å². The molecule has 30 heavy (non-hydrogen) atoms. The molecular formula is C23H41N3O4. The molecule has 0 N–H and O–H groups in total. The Hall–Kier alpha value is -1.76. The number of carbonyl (C=O) groups is 4. The molecule has 7 heteroatoms. The highest BCUT2D eigenvalue weighted by Crippen LogP contribution is 2.40. The minimum absolute atomic E-state index is 0. The quantitative estimate of drug-likeness (QED) is 0.652. The van der Waals surface area contributed by atoms with Crippen LogP contribution in [0.15, 0.2) is 0 Å². The maximum absolute atomic E-state index is 11.7. The Morgan fingerprint density at radius 2 is 1.33 bits per heavy atom. The molecule has 7 nitrogen and oxygen atoms in total. The van der Waals surface area contributed by atoms with Crippen LogP contribution >= 0.6 is 0 Å². The van der Waals surface area contributed by atoms with Crippen molar-refractivity contribution in [3.63, 3.8) is 0 Å². The normalized spacial score (nSPS) is 26.6. The first-order valence-corrected chi connectivity index (χ1v) is 10.7. The van der Waals surface area contributed by atoms with Gasteiger partial charge in [-0.2, -0.15) is 0 Å². The summed E-state index contributed by atoms with van der Waals surface area (Å²) in [5.41, 5.74) is 0.219. The number of hydrogen-bond donors (Lipinski definition) is 0. The van der Waals surface area contributed by atoms with Crippen LogP contribution in [-0.2, 0) is 19.2 Å². The van der Waals surface area contributed by atoms with Gasteiger partial charge >= 0.3 is 0 Å². The molecule has 0 radical (unpaired) electrons. The van der Waals surface area contributed by atoms with Gasteiger partial charge in [0.15, 0.2) is 0 Å². The Morgan fingerprint density at radius 1 is 0.867 bits per heavy atom. The lowest BCUT2D eigenvalue weighted by atomic mass is 9.74. The van der Waals surface area contributed by atoms with Crippen molar-refractivity contribution in [2.75, 3.05) is 20.1 Å². The third-order valence-corrected chi connectivity index (χ3v) is 6.77. The lowest BCUT2D eigenvalue weighted by molar-refractivity contribution is -0.141. The average molecular weight is 424 g/mol. The van der Waals surface area contributed by atoms with Crippen LogP contribution in [0.3, 0.4) is 0 Å². The van der Waals surface area contributed by atoms with Crippen LogP contribution in [0.1, 0.15) is 81.1 Å². The van der Waals surface area contributed by atoms with Crippen molar-refractivity contribution in [1.29, 1.82) is 0 Å². The SMILES string of the molecule is C.CCN1C(=O)CC(C)C1=O.CN1C(C)(C)CC(CN2C(=O)CCC2=O)CC1(C)C. The third-order valence-electron chi connectivity index (χ3n) is 6.77.